The van der Waals surface area contributed by atoms with Crippen LogP contribution in [-0.2, 0) is 11.2 Å². The van der Waals surface area contributed by atoms with Gasteiger partial charge in [-0.25, -0.2) is 0 Å². The van der Waals surface area contributed by atoms with E-state index < -0.39 is 0 Å². The maximum Gasteiger partial charge on any atom is 0.232 e. The molecule has 0 aromatic heterocycles. The van der Waals surface area contributed by atoms with Crippen LogP contribution in [0.25, 0.3) is 0 Å². The van der Waals surface area contributed by atoms with E-state index in [0.717, 1.165) is 42.0 Å². The number of carbonyl (C=O) groups excluding carboxylic acids is 1. The van der Waals surface area contributed by atoms with Crippen LogP contribution in [0.4, 0.5) is 5.69 Å². The molecule has 0 bridgehead atoms. The van der Waals surface area contributed by atoms with Gasteiger partial charge in [-0.3, -0.25) is 4.79 Å². The number of nitrogens with one attached hydrogen (secondary N) is 1. The highest BCUT2D eigenvalue weighted by molar-refractivity contribution is 6.03. The van der Waals surface area contributed by atoms with Gasteiger partial charge in [0.1, 0.15) is 5.75 Å². The van der Waals surface area contributed by atoms with Crippen LogP contribution in [0.3, 0.4) is 0 Å². The SMILES string of the molecule is CCCOc1ccc(CC2C(=O)Nc3ccccc32)cc1. The maximum atomic E-state index is 12.1. The first kappa shape index (κ1) is 13.7. The fourth-order valence-corrected chi connectivity index (χ4v) is 2.66. The first-order chi connectivity index (χ1) is 10.3. The van der Waals surface area contributed by atoms with Crippen LogP contribution in [0.1, 0.15) is 30.4 Å². The largest absolute Gasteiger partial charge is 0.494 e. The van der Waals surface area contributed by atoms with E-state index in [9.17, 15) is 4.79 Å². The van der Waals surface area contributed by atoms with Gasteiger partial charge in [-0.2, -0.15) is 0 Å². The van der Waals surface area contributed by atoms with Gasteiger partial charge in [-0.15, -0.1) is 0 Å². The molecule has 1 N–H and O–H groups in total. The van der Waals surface area contributed by atoms with Gasteiger partial charge in [0, 0.05) is 5.69 Å². The van der Waals surface area contributed by atoms with Gasteiger partial charge in [0.25, 0.3) is 0 Å². The molecule has 108 valence electrons. The number of anilines is 1. The number of amides is 1. The molecule has 0 radical (unpaired) electrons. The van der Waals surface area contributed by atoms with Gasteiger partial charge in [-0.05, 0) is 42.2 Å². The van der Waals surface area contributed by atoms with Crippen molar-refractivity contribution >= 4 is 11.6 Å². The second kappa shape index (κ2) is 6.00. The topological polar surface area (TPSA) is 38.3 Å². The number of ether oxygens (including phenoxy) is 1. The molecule has 1 heterocycles. The lowest BCUT2D eigenvalue weighted by Crippen LogP contribution is -2.14. The Morgan fingerprint density at radius 2 is 1.86 bits per heavy atom. The Labute approximate surface area is 124 Å². The van der Waals surface area contributed by atoms with E-state index in [0.29, 0.717) is 0 Å². The van der Waals surface area contributed by atoms with E-state index in [4.69, 9.17) is 4.74 Å². The van der Waals surface area contributed by atoms with E-state index in [-0.39, 0.29) is 11.8 Å². The van der Waals surface area contributed by atoms with Crippen molar-refractivity contribution in [1.29, 1.82) is 0 Å². The number of para-hydroxylation sites is 1. The molecule has 3 rings (SSSR count). The number of benzene rings is 2. The lowest BCUT2D eigenvalue weighted by molar-refractivity contribution is -0.117. The third-order valence-electron chi connectivity index (χ3n) is 3.75. The molecule has 0 spiro atoms. The normalized spacial score (nSPS) is 16.4. The average Bonchev–Trinajstić information content (AvgIpc) is 2.83. The molecular weight excluding hydrogens is 262 g/mol. The predicted molar refractivity (Wildman–Crippen MR) is 83.7 cm³/mol. The number of fused-ring (bicyclic) bond motifs is 1. The van der Waals surface area contributed by atoms with Crippen LogP contribution in [0, 0.1) is 0 Å². The standard InChI is InChI=1S/C18H19NO2/c1-2-11-21-14-9-7-13(8-10-14)12-16-15-5-3-4-6-17(15)19-18(16)20/h3-10,16H,2,11-12H2,1H3,(H,19,20). The van der Waals surface area contributed by atoms with Crippen molar-refractivity contribution in [3.63, 3.8) is 0 Å². The summed E-state index contributed by atoms with van der Waals surface area (Å²) in [6.45, 7) is 2.82. The molecule has 3 heteroatoms. The summed E-state index contributed by atoms with van der Waals surface area (Å²) in [7, 11) is 0. The van der Waals surface area contributed by atoms with Crippen molar-refractivity contribution in [3.8, 4) is 5.75 Å². The molecule has 3 nitrogen and oxygen atoms in total. The molecule has 2 aromatic rings. The summed E-state index contributed by atoms with van der Waals surface area (Å²) in [5.41, 5.74) is 3.18. The van der Waals surface area contributed by atoms with E-state index in [1.165, 1.54) is 0 Å². The summed E-state index contributed by atoms with van der Waals surface area (Å²) >= 11 is 0. The summed E-state index contributed by atoms with van der Waals surface area (Å²) in [6.07, 6.45) is 1.72. The summed E-state index contributed by atoms with van der Waals surface area (Å²) in [5.74, 6) is 0.878. The minimum atomic E-state index is -0.0939. The van der Waals surface area contributed by atoms with Crippen molar-refractivity contribution in [1.82, 2.24) is 0 Å². The fraction of sp³-hybridized carbons (Fsp3) is 0.278. The van der Waals surface area contributed by atoms with Crippen LogP contribution in [-0.4, -0.2) is 12.5 Å². The molecule has 0 saturated carbocycles. The highest BCUT2D eigenvalue weighted by atomic mass is 16.5. The first-order valence-electron chi connectivity index (χ1n) is 7.39. The summed E-state index contributed by atoms with van der Waals surface area (Å²) < 4.78 is 5.58. The third kappa shape index (κ3) is 2.92. The Hall–Kier alpha value is -2.29. The van der Waals surface area contributed by atoms with Crippen molar-refractivity contribution in [2.75, 3.05) is 11.9 Å². The predicted octanol–water partition coefficient (Wildman–Crippen LogP) is 3.75. The van der Waals surface area contributed by atoms with E-state index in [1.54, 1.807) is 0 Å². The molecule has 0 aliphatic carbocycles. The van der Waals surface area contributed by atoms with Gasteiger partial charge in [0.2, 0.25) is 5.91 Å². The number of hydrogen-bond acceptors (Lipinski definition) is 2. The Morgan fingerprint density at radius 1 is 1.10 bits per heavy atom. The third-order valence-corrected chi connectivity index (χ3v) is 3.75. The van der Waals surface area contributed by atoms with Gasteiger partial charge in [-0.1, -0.05) is 37.3 Å². The number of rotatable bonds is 5. The quantitative estimate of drug-likeness (QED) is 0.906. The molecular formula is C18H19NO2. The molecule has 1 amide bonds. The summed E-state index contributed by atoms with van der Waals surface area (Å²) in [6, 6.07) is 15.9. The van der Waals surface area contributed by atoms with Crippen molar-refractivity contribution in [2.24, 2.45) is 0 Å². The summed E-state index contributed by atoms with van der Waals surface area (Å²) in [5, 5.41) is 2.94. The second-order valence-corrected chi connectivity index (χ2v) is 5.33. The Bertz CT molecular complexity index is 634. The summed E-state index contributed by atoms with van der Waals surface area (Å²) in [4.78, 5) is 12.1. The van der Waals surface area contributed by atoms with Crippen LogP contribution < -0.4 is 10.1 Å². The molecule has 1 aliphatic heterocycles. The fourth-order valence-electron chi connectivity index (χ4n) is 2.66. The van der Waals surface area contributed by atoms with Crippen molar-refractivity contribution in [2.45, 2.75) is 25.7 Å². The molecule has 1 unspecified atom stereocenters. The number of hydrogen-bond donors (Lipinski definition) is 1. The zero-order valence-electron chi connectivity index (χ0n) is 12.1. The van der Waals surface area contributed by atoms with E-state index in [1.807, 2.05) is 48.5 Å². The lowest BCUT2D eigenvalue weighted by Gasteiger charge is -2.10. The van der Waals surface area contributed by atoms with E-state index >= 15 is 0 Å². The first-order valence-corrected chi connectivity index (χ1v) is 7.39. The zero-order chi connectivity index (χ0) is 14.7. The molecule has 1 atom stereocenters. The molecule has 0 saturated heterocycles. The van der Waals surface area contributed by atoms with Crippen molar-refractivity contribution in [3.05, 3.63) is 59.7 Å². The van der Waals surface area contributed by atoms with Gasteiger partial charge < -0.3 is 10.1 Å². The monoisotopic (exact) mass is 281 g/mol. The highest BCUT2D eigenvalue weighted by Crippen LogP contribution is 2.34. The van der Waals surface area contributed by atoms with Crippen LogP contribution in [0.5, 0.6) is 5.75 Å². The van der Waals surface area contributed by atoms with Crippen LogP contribution in [0.15, 0.2) is 48.5 Å². The Balaban J connectivity index is 1.73. The average molecular weight is 281 g/mol. The zero-order valence-corrected chi connectivity index (χ0v) is 12.1. The lowest BCUT2D eigenvalue weighted by atomic mass is 9.93. The van der Waals surface area contributed by atoms with Gasteiger partial charge in [0.05, 0.1) is 12.5 Å². The Morgan fingerprint density at radius 3 is 2.62 bits per heavy atom. The molecule has 1 aliphatic rings. The molecule has 2 aromatic carbocycles. The van der Waals surface area contributed by atoms with Crippen molar-refractivity contribution < 1.29 is 9.53 Å². The Kier molecular flexibility index (Phi) is 3.91. The smallest absolute Gasteiger partial charge is 0.232 e. The maximum absolute atomic E-state index is 12.1. The minimum absolute atomic E-state index is 0.0857. The van der Waals surface area contributed by atoms with Crippen LogP contribution in [0.2, 0.25) is 0 Å². The minimum Gasteiger partial charge on any atom is -0.494 e. The van der Waals surface area contributed by atoms with E-state index in [2.05, 4.69) is 12.2 Å². The molecule has 21 heavy (non-hydrogen) atoms. The second-order valence-electron chi connectivity index (χ2n) is 5.33. The number of carbonyl (C=O) groups is 1. The van der Waals surface area contributed by atoms with Gasteiger partial charge in [0.15, 0.2) is 0 Å². The van der Waals surface area contributed by atoms with Gasteiger partial charge >= 0.3 is 0 Å². The van der Waals surface area contributed by atoms with Crippen LogP contribution >= 0.6 is 0 Å². The molecule has 0 fully saturated rings. The highest BCUT2D eigenvalue weighted by Gasteiger charge is 2.29.